The van der Waals surface area contributed by atoms with Crippen molar-refractivity contribution in [3.8, 4) is 0 Å². The maximum absolute atomic E-state index is 12.6. The summed E-state index contributed by atoms with van der Waals surface area (Å²) in [5.74, 6) is 0.244. The van der Waals surface area contributed by atoms with Crippen molar-refractivity contribution in [3.05, 3.63) is 29.9 Å². The van der Waals surface area contributed by atoms with E-state index in [1.807, 2.05) is 18.2 Å². The molecule has 2 fully saturated rings. The monoisotopic (exact) mass is 343 g/mol. The maximum atomic E-state index is 12.6. The quantitative estimate of drug-likeness (QED) is 0.893. The van der Waals surface area contributed by atoms with Gasteiger partial charge in [-0.1, -0.05) is 38.2 Å². The number of nitrogens with one attached hydrogen (secondary N) is 1. The Hall–Kier alpha value is -1.91. The molecule has 5 heteroatoms. The fourth-order valence-corrected chi connectivity index (χ4v) is 3.89. The lowest BCUT2D eigenvalue weighted by Gasteiger charge is -2.17. The molecule has 3 rings (SSSR count). The van der Waals surface area contributed by atoms with Crippen LogP contribution in [0.4, 0.5) is 0 Å². The van der Waals surface area contributed by atoms with Crippen molar-refractivity contribution < 1.29 is 9.59 Å². The molecule has 0 aliphatic heterocycles. The molecular weight excluding hydrogens is 314 g/mol. The fraction of sp³-hybridized carbons (Fsp3) is 0.650. The van der Waals surface area contributed by atoms with E-state index in [-0.39, 0.29) is 17.7 Å². The van der Waals surface area contributed by atoms with Crippen molar-refractivity contribution in [2.24, 2.45) is 10.9 Å². The topological polar surface area (TPSA) is 63.5 Å². The third-order valence-electron chi connectivity index (χ3n) is 5.36. The van der Waals surface area contributed by atoms with Crippen LogP contribution in [-0.2, 0) is 4.79 Å². The third-order valence-corrected chi connectivity index (χ3v) is 5.36. The standard InChI is InChI=1S/C20H29N3O2/c24-19(13-14-21-20(25)16-8-4-5-9-16)23-15-7-6-12-18(23)22-17-10-2-1-3-11-17/h6-7,12,15-17H,1-5,8-11,13-14H2,(H,21,25). The Morgan fingerprint density at radius 3 is 2.52 bits per heavy atom. The summed E-state index contributed by atoms with van der Waals surface area (Å²) in [5.41, 5.74) is 0.738. The van der Waals surface area contributed by atoms with Gasteiger partial charge in [-0.2, -0.15) is 0 Å². The average Bonchev–Trinajstić information content (AvgIpc) is 3.18. The van der Waals surface area contributed by atoms with Crippen LogP contribution in [0, 0.1) is 5.92 Å². The van der Waals surface area contributed by atoms with Gasteiger partial charge in [-0.15, -0.1) is 0 Å². The molecule has 2 saturated carbocycles. The van der Waals surface area contributed by atoms with E-state index in [9.17, 15) is 9.59 Å². The maximum Gasteiger partial charge on any atom is 0.233 e. The summed E-state index contributed by atoms with van der Waals surface area (Å²) in [5, 5.41) is 2.92. The third kappa shape index (κ3) is 5.03. The second-order valence-electron chi connectivity index (χ2n) is 7.27. The number of pyridine rings is 1. The van der Waals surface area contributed by atoms with Crippen LogP contribution in [0.5, 0.6) is 0 Å². The SMILES string of the molecule is O=C(NCCC(=O)n1ccccc1=NC1CCCCC1)C1CCCC1. The van der Waals surface area contributed by atoms with E-state index < -0.39 is 0 Å². The Morgan fingerprint density at radius 2 is 1.76 bits per heavy atom. The molecule has 0 spiro atoms. The summed E-state index contributed by atoms with van der Waals surface area (Å²) in [6, 6.07) is 6.02. The minimum absolute atomic E-state index is 0.0121. The second kappa shape index (κ2) is 8.97. The normalized spacial score (nSPS) is 19.9. The van der Waals surface area contributed by atoms with E-state index >= 15 is 0 Å². The zero-order valence-corrected chi connectivity index (χ0v) is 15.0. The van der Waals surface area contributed by atoms with Crippen LogP contribution >= 0.6 is 0 Å². The minimum Gasteiger partial charge on any atom is -0.355 e. The molecular formula is C20H29N3O2. The van der Waals surface area contributed by atoms with Gasteiger partial charge in [0.15, 0.2) is 0 Å². The summed E-state index contributed by atoms with van der Waals surface area (Å²) in [7, 11) is 0. The van der Waals surface area contributed by atoms with Crippen LogP contribution in [0.2, 0.25) is 0 Å². The largest absolute Gasteiger partial charge is 0.355 e. The summed E-state index contributed by atoms with van der Waals surface area (Å²) >= 11 is 0. The molecule has 0 radical (unpaired) electrons. The Labute approximate surface area is 149 Å². The van der Waals surface area contributed by atoms with E-state index in [1.54, 1.807) is 10.8 Å². The molecule has 0 unspecified atom stereocenters. The van der Waals surface area contributed by atoms with Crippen molar-refractivity contribution in [2.45, 2.75) is 70.3 Å². The number of hydrogen-bond donors (Lipinski definition) is 1. The van der Waals surface area contributed by atoms with Gasteiger partial charge in [-0.3, -0.25) is 19.1 Å². The highest BCUT2D eigenvalue weighted by Gasteiger charge is 2.22. The summed E-state index contributed by atoms with van der Waals surface area (Å²) < 4.78 is 1.64. The van der Waals surface area contributed by atoms with Crippen LogP contribution in [0.25, 0.3) is 0 Å². The molecule has 136 valence electrons. The van der Waals surface area contributed by atoms with E-state index in [0.29, 0.717) is 19.0 Å². The first kappa shape index (κ1) is 17.9. The number of carbonyl (C=O) groups excluding carboxylic acids is 2. The molecule has 2 aliphatic rings. The van der Waals surface area contributed by atoms with Crippen molar-refractivity contribution in [3.63, 3.8) is 0 Å². The average molecular weight is 343 g/mol. The van der Waals surface area contributed by atoms with Crippen molar-refractivity contribution >= 4 is 11.8 Å². The molecule has 1 aromatic rings. The Morgan fingerprint density at radius 1 is 1.04 bits per heavy atom. The first-order valence-corrected chi connectivity index (χ1v) is 9.76. The van der Waals surface area contributed by atoms with Crippen molar-refractivity contribution in [1.29, 1.82) is 0 Å². The molecule has 25 heavy (non-hydrogen) atoms. The van der Waals surface area contributed by atoms with E-state index in [0.717, 1.165) is 44.0 Å². The Bertz CT molecular complexity index is 653. The highest BCUT2D eigenvalue weighted by Crippen LogP contribution is 2.24. The van der Waals surface area contributed by atoms with Gasteiger partial charge in [0.05, 0.1) is 6.04 Å². The van der Waals surface area contributed by atoms with Gasteiger partial charge in [-0.25, -0.2) is 0 Å². The molecule has 1 N–H and O–H groups in total. The van der Waals surface area contributed by atoms with Gasteiger partial charge >= 0.3 is 0 Å². The number of carbonyl (C=O) groups is 2. The highest BCUT2D eigenvalue weighted by atomic mass is 16.2. The molecule has 0 saturated heterocycles. The molecule has 2 aliphatic carbocycles. The van der Waals surface area contributed by atoms with Gasteiger partial charge in [0.25, 0.3) is 0 Å². The van der Waals surface area contributed by atoms with Gasteiger partial charge in [0, 0.05) is 25.1 Å². The zero-order valence-electron chi connectivity index (χ0n) is 15.0. The van der Waals surface area contributed by atoms with Gasteiger partial charge in [0.2, 0.25) is 11.8 Å². The molecule has 0 bridgehead atoms. The Balaban J connectivity index is 1.58. The zero-order chi connectivity index (χ0) is 17.5. The predicted octanol–water partition coefficient (Wildman–Crippen LogP) is 3.06. The lowest BCUT2D eigenvalue weighted by molar-refractivity contribution is -0.124. The fourth-order valence-electron chi connectivity index (χ4n) is 3.89. The number of nitrogens with zero attached hydrogens (tertiary/aromatic N) is 2. The molecule has 1 aromatic heterocycles. The molecule has 1 heterocycles. The van der Waals surface area contributed by atoms with Crippen LogP contribution in [0.1, 0.15) is 69.0 Å². The number of aromatic nitrogens is 1. The minimum atomic E-state index is -0.0121. The molecule has 5 nitrogen and oxygen atoms in total. The molecule has 0 aromatic carbocycles. The van der Waals surface area contributed by atoms with E-state index in [4.69, 9.17) is 4.99 Å². The van der Waals surface area contributed by atoms with Gasteiger partial charge < -0.3 is 5.32 Å². The summed E-state index contributed by atoms with van der Waals surface area (Å²) in [4.78, 5) is 29.4. The highest BCUT2D eigenvalue weighted by molar-refractivity contribution is 5.81. The number of amides is 1. The summed E-state index contributed by atoms with van der Waals surface area (Å²) in [6.45, 7) is 0.402. The van der Waals surface area contributed by atoms with Crippen LogP contribution in [0.15, 0.2) is 29.4 Å². The lowest BCUT2D eigenvalue weighted by Crippen LogP contribution is -2.34. The van der Waals surface area contributed by atoms with Crippen LogP contribution < -0.4 is 10.8 Å². The first-order valence-electron chi connectivity index (χ1n) is 9.76. The number of rotatable bonds is 5. The molecule has 1 amide bonds. The van der Waals surface area contributed by atoms with Gasteiger partial charge in [0.1, 0.15) is 5.49 Å². The van der Waals surface area contributed by atoms with Crippen molar-refractivity contribution in [2.75, 3.05) is 6.54 Å². The first-order chi connectivity index (χ1) is 12.2. The van der Waals surface area contributed by atoms with E-state index in [1.165, 1.54) is 19.3 Å². The Kier molecular flexibility index (Phi) is 6.42. The number of hydrogen-bond acceptors (Lipinski definition) is 3. The van der Waals surface area contributed by atoms with Crippen LogP contribution in [-0.4, -0.2) is 29.0 Å². The van der Waals surface area contributed by atoms with Gasteiger partial charge in [-0.05, 0) is 37.8 Å². The van der Waals surface area contributed by atoms with Crippen LogP contribution in [0.3, 0.4) is 0 Å². The lowest BCUT2D eigenvalue weighted by atomic mass is 9.96. The second-order valence-corrected chi connectivity index (χ2v) is 7.27. The predicted molar refractivity (Wildman–Crippen MR) is 97.1 cm³/mol. The molecule has 0 atom stereocenters. The smallest absolute Gasteiger partial charge is 0.233 e. The van der Waals surface area contributed by atoms with Crippen molar-refractivity contribution in [1.82, 2.24) is 9.88 Å². The van der Waals surface area contributed by atoms with E-state index in [2.05, 4.69) is 5.32 Å². The summed E-state index contributed by atoms with van der Waals surface area (Å²) in [6.07, 6.45) is 12.3.